The van der Waals surface area contributed by atoms with Gasteiger partial charge < -0.3 is 15.5 Å². The van der Waals surface area contributed by atoms with Gasteiger partial charge in [0.1, 0.15) is 6.23 Å². The Morgan fingerprint density at radius 1 is 0.969 bits per heavy atom. The molecule has 2 aromatic carbocycles. The summed E-state index contributed by atoms with van der Waals surface area (Å²) in [7, 11) is 0. The first-order valence-corrected chi connectivity index (χ1v) is 11.1. The van der Waals surface area contributed by atoms with E-state index in [4.69, 9.17) is 0 Å². The molecule has 0 bridgehead atoms. The Balaban J connectivity index is 1.47. The molecule has 1 aliphatic carbocycles. The number of hydrogen-bond acceptors (Lipinski definition) is 5. The van der Waals surface area contributed by atoms with E-state index in [9.17, 15) is 15.0 Å². The summed E-state index contributed by atoms with van der Waals surface area (Å²) in [6, 6.07) is 18.4. The summed E-state index contributed by atoms with van der Waals surface area (Å²) < 4.78 is 0. The highest BCUT2D eigenvalue weighted by Gasteiger charge is 2.20. The molecule has 3 aromatic rings. The molecular weight excluding hydrogens is 402 g/mol. The predicted molar refractivity (Wildman–Crippen MR) is 124 cm³/mol. The highest BCUT2D eigenvalue weighted by Crippen LogP contribution is 2.24. The number of amides is 1. The van der Waals surface area contributed by atoms with Crippen LogP contribution in [0, 0.1) is 0 Å². The molecule has 0 spiro atoms. The first-order valence-electron chi connectivity index (χ1n) is 11.1. The Hall–Kier alpha value is -3.06. The van der Waals surface area contributed by atoms with Crippen LogP contribution in [0.3, 0.4) is 0 Å². The molecule has 1 fully saturated rings. The Bertz CT molecular complexity index is 1040. The number of aromatic nitrogens is 1. The van der Waals surface area contributed by atoms with Gasteiger partial charge in [0.15, 0.2) is 0 Å². The highest BCUT2D eigenvalue weighted by molar-refractivity contribution is 5.94. The van der Waals surface area contributed by atoms with Gasteiger partial charge in [0.2, 0.25) is 0 Å². The maximum absolute atomic E-state index is 12.6. The van der Waals surface area contributed by atoms with Crippen LogP contribution in [0.2, 0.25) is 0 Å². The number of nitrogens with zero attached hydrogens (tertiary/aromatic N) is 1. The first-order chi connectivity index (χ1) is 15.6. The Morgan fingerprint density at radius 2 is 1.69 bits per heavy atom. The maximum atomic E-state index is 12.6. The minimum Gasteiger partial charge on any atom is -0.394 e. The van der Waals surface area contributed by atoms with Crippen LogP contribution < -0.4 is 10.6 Å². The fourth-order valence-corrected chi connectivity index (χ4v) is 4.21. The number of aliphatic hydroxyl groups excluding tert-OH is 2. The van der Waals surface area contributed by atoms with Gasteiger partial charge in [0.25, 0.3) is 5.91 Å². The molecule has 1 unspecified atom stereocenters. The molecule has 1 heterocycles. The largest absolute Gasteiger partial charge is 0.394 e. The zero-order valence-corrected chi connectivity index (χ0v) is 17.9. The van der Waals surface area contributed by atoms with Crippen LogP contribution in [0.25, 0.3) is 11.1 Å². The second-order valence-electron chi connectivity index (χ2n) is 8.25. The molecule has 0 aliphatic heterocycles. The fraction of sp³-hybridized carbons (Fsp3) is 0.308. The van der Waals surface area contributed by atoms with Crippen LogP contribution in [0.1, 0.15) is 59.4 Å². The van der Waals surface area contributed by atoms with Gasteiger partial charge in [0, 0.05) is 24.0 Å². The molecule has 1 saturated carbocycles. The van der Waals surface area contributed by atoms with Crippen molar-refractivity contribution in [3.63, 3.8) is 0 Å². The summed E-state index contributed by atoms with van der Waals surface area (Å²) >= 11 is 0. The number of pyridine rings is 1. The van der Waals surface area contributed by atoms with Crippen molar-refractivity contribution in [3.05, 3.63) is 89.7 Å². The van der Waals surface area contributed by atoms with Crippen LogP contribution in [0.15, 0.2) is 73.1 Å². The van der Waals surface area contributed by atoms with Gasteiger partial charge >= 0.3 is 0 Å². The monoisotopic (exact) mass is 431 g/mol. The highest BCUT2D eigenvalue weighted by atomic mass is 16.3. The lowest BCUT2D eigenvalue weighted by molar-refractivity contribution is 0.0937. The first kappa shape index (κ1) is 22.1. The second-order valence-corrected chi connectivity index (χ2v) is 8.25. The number of hydrogen-bond donors (Lipinski definition) is 4. The van der Waals surface area contributed by atoms with E-state index in [0.717, 1.165) is 42.4 Å². The summed E-state index contributed by atoms with van der Waals surface area (Å²) in [6.45, 7) is -0.213. The van der Waals surface area contributed by atoms with Crippen molar-refractivity contribution in [2.24, 2.45) is 0 Å². The van der Waals surface area contributed by atoms with Crippen LogP contribution in [0.5, 0.6) is 0 Å². The van der Waals surface area contributed by atoms with E-state index in [-0.39, 0.29) is 18.6 Å². The molecule has 6 nitrogen and oxygen atoms in total. The molecule has 1 aromatic heterocycles. The topological polar surface area (TPSA) is 94.5 Å². The number of benzene rings is 2. The number of aliphatic hydroxyl groups is 2. The van der Waals surface area contributed by atoms with E-state index in [1.54, 1.807) is 30.6 Å². The summed E-state index contributed by atoms with van der Waals surface area (Å²) in [5.74, 6) is -0.0963. The molecule has 0 radical (unpaired) electrons. The molecule has 1 amide bonds. The lowest BCUT2D eigenvalue weighted by Crippen LogP contribution is -2.33. The van der Waals surface area contributed by atoms with Gasteiger partial charge in [-0.15, -0.1) is 0 Å². The molecule has 2 atom stereocenters. The molecule has 0 saturated heterocycles. The second kappa shape index (κ2) is 10.5. The van der Waals surface area contributed by atoms with Crippen molar-refractivity contribution in [2.45, 2.75) is 44.0 Å². The molecule has 166 valence electrons. The van der Waals surface area contributed by atoms with E-state index >= 15 is 0 Å². The van der Waals surface area contributed by atoms with E-state index in [1.807, 2.05) is 42.5 Å². The zero-order chi connectivity index (χ0) is 22.3. The van der Waals surface area contributed by atoms with Crippen LogP contribution >= 0.6 is 0 Å². The lowest BCUT2D eigenvalue weighted by atomic mass is 10.0. The summed E-state index contributed by atoms with van der Waals surface area (Å²) in [5, 5.41) is 27.0. The summed E-state index contributed by atoms with van der Waals surface area (Å²) in [4.78, 5) is 16.7. The van der Waals surface area contributed by atoms with Crippen molar-refractivity contribution < 1.29 is 15.0 Å². The van der Waals surface area contributed by atoms with Gasteiger partial charge in [0.05, 0.1) is 12.6 Å². The normalized spacial score (nSPS) is 15.9. The van der Waals surface area contributed by atoms with Gasteiger partial charge in [-0.25, -0.2) is 0 Å². The number of carbonyl (C=O) groups excluding carboxylic acids is 1. The van der Waals surface area contributed by atoms with E-state index < -0.39 is 12.3 Å². The molecule has 4 rings (SSSR count). The van der Waals surface area contributed by atoms with E-state index in [1.165, 1.54) is 0 Å². The predicted octanol–water partition coefficient (Wildman–Crippen LogP) is 3.74. The molecule has 6 heteroatoms. The SMILES string of the molecule is O=C(NC1CCCC1)c1cccc([C@@H](CO)NC(O)c2cccc(-c3ccncc3)c2)c1. The minimum absolute atomic E-state index is 0.0963. The third kappa shape index (κ3) is 5.40. The molecule has 1 aliphatic rings. The van der Waals surface area contributed by atoms with Crippen LogP contribution in [-0.2, 0) is 0 Å². The van der Waals surface area contributed by atoms with Crippen molar-refractivity contribution in [1.82, 2.24) is 15.6 Å². The van der Waals surface area contributed by atoms with Crippen molar-refractivity contribution in [2.75, 3.05) is 6.61 Å². The molecule has 32 heavy (non-hydrogen) atoms. The smallest absolute Gasteiger partial charge is 0.251 e. The minimum atomic E-state index is -0.982. The number of carbonyl (C=O) groups is 1. The van der Waals surface area contributed by atoms with Gasteiger partial charge in [-0.05, 0) is 65.4 Å². The number of rotatable bonds is 8. The van der Waals surface area contributed by atoms with Gasteiger partial charge in [-0.1, -0.05) is 43.2 Å². The molecule has 4 N–H and O–H groups in total. The average molecular weight is 432 g/mol. The van der Waals surface area contributed by atoms with Crippen LogP contribution in [-0.4, -0.2) is 33.8 Å². The van der Waals surface area contributed by atoms with Gasteiger partial charge in [-0.3, -0.25) is 15.1 Å². The van der Waals surface area contributed by atoms with E-state index in [0.29, 0.717) is 11.1 Å². The standard InChI is InChI=1S/C26H29N3O3/c30-17-24(20-6-4-8-22(16-20)25(31)28-23-9-1-2-10-23)29-26(32)21-7-3-5-19(15-21)18-11-13-27-14-12-18/h3-8,11-16,23-24,26,29-30,32H,1-2,9-10,17H2,(H,28,31)/t24-,26?/m1/s1. The third-order valence-electron chi connectivity index (χ3n) is 6.00. The van der Waals surface area contributed by atoms with Crippen LogP contribution in [0.4, 0.5) is 0 Å². The lowest BCUT2D eigenvalue weighted by Gasteiger charge is -2.22. The Kier molecular flexibility index (Phi) is 7.27. The van der Waals surface area contributed by atoms with E-state index in [2.05, 4.69) is 15.6 Å². The zero-order valence-electron chi connectivity index (χ0n) is 17.9. The maximum Gasteiger partial charge on any atom is 0.251 e. The van der Waals surface area contributed by atoms with Crippen molar-refractivity contribution >= 4 is 5.91 Å². The summed E-state index contributed by atoms with van der Waals surface area (Å²) in [5.41, 5.74) is 3.97. The fourth-order valence-electron chi connectivity index (χ4n) is 4.21. The third-order valence-corrected chi connectivity index (χ3v) is 6.00. The molecular formula is C26H29N3O3. The summed E-state index contributed by atoms with van der Waals surface area (Å²) in [6.07, 6.45) is 6.84. The quantitative estimate of drug-likeness (QED) is 0.408. The Morgan fingerprint density at radius 3 is 2.44 bits per heavy atom. The van der Waals surface area contributed by atoms with Crippen molar-refractivity contribution in [1.29, 1.82) is 0 Å². The number of nitrogens with one attached hydrogen (secondary N) is 2. The average Bonchev–Trinajstić information content (AvgIpc) is 3.36. The van der Waals surface area contributed by atoms with Gasteiger partial charge in [-0.2, -0.15) is 0 Å². The Labute approximate surface area is 188 Å². The van der Waals surface area contributed by atoms with Crippen molar-refractivity contribution in [3.8, 4) is 11.1 Å².